The van der Waals surface area contributed by atoms with Crippen LogP contribution in [0.2, 0.25) is 0 Å². The van der Waals surface area contributed by atoms with Gasteiger partial charge in [-0.3, -0.25) is 4.39 Å². The first-order valence-corrected chi connectivity index (χ1v) is 10.7. The maximum Gasteiger partial charge on any atom is 0.123 e. The van der Waals surface area contributed by atoms with Crippen LogP contribution in [0, 0.1) is 5.82 Å². The summed E-state index contributed by atoms with van der Waals surface area (Å²) < 4.78 is 25.2. The normalized spacial score (nSPS) is 19.9. The van der Waals surface area contributed by atoms with Gasteiger partial charge in [0.1, 0.15) is 5.82 Å². The molecular weight excluding hydrogens is 338 g/mol. The number of hydrogen-bond donors (Lipinski definition) is 0. The fraction of sp³-hybridized carbons (Fsp3) is 0.520. The van der Waals surface area contributed by atoms with E-state index in [1.165, 1.54) is 55.2 Å². The highest BCUT2D eigenvalue weighted by Crippen LogP contribution is 2.40. The molecule has 2 aromatic rings. The zero-order valence-corrected chi connectivity index (χ0v) is 16.3. The lowest BCUT2D eigenvalue weighted by atomic mass is 9.76. The van der Waals surface area contributed by atoms with E-state index in [4.69, 9.17) is 0 Å². The number of aryl methyl sites for hydroxylation is 1. The predicted octanol–water partition coefficient (Wildman–Crippen LogP) is 7.73. The topological polar surface area (TPSA) is 0 Å². The molecule has 0 unspecified atom stereocenters. The Morgan fingerprint density at radius 3 is 1.67 bits per heavy atom. The van der Waals surface area contributed by atoms with E-state index in [0.717, 1.165) is 25.7 Å². The largest absolute Gasteiger partial charge is 0.251 e. The van der Waals surface area contributed by atoms with Crippen molar-refractivity contribution in [2.45, 2.75) is 76.0 Å². The monoisotopic (exact) mass is 370 g/mol. The molecule has 0 aliphatic heterocycles. The molecule has 1 aliphatic carbocycles. The van der Waals surface area contributed by atoms with Crippen molar-refractivity contribution >= 4 is 0 Å². The van der Waals surface area contributed by atoms with Gasteiger partial charge in [0, 0.05) is 0 Å². The molecular formula is C25H32F2. The molecule has 0 spiro atoms. The Balaban J connectivity index is 1.42. The number of rotatable bonds is 9. The van der Waals surface area contributed by atoms with Crippen molar-refractivity contribution in [3.63, 3.8) is 0 Å². The lowest BCUT2D eigenvalue weighted by molar-refractivity contribution is 0.396. The van der Waals surface area contributed by atoms with Gasteiger partial charge in [-0.25, -0.2) is 4.39 Å². The number of alkyl halides is 1. The Labute approximate surface area is 163 Å². The van der Waals surface area contributed by atoms with E-state index < -0.39 is 0 Å². The first kappa shape index (κ1) is 20.0. The van der Waals surface area contributed by atoms with Crippen LogP contribution >= 0.6 is 0 Å². The summed E-state index contributed by atoms with van der Waals surface area (Å²) in [6.07, 6.45) is 11.3. The van der Waals surface area contributed by atoms with E-state index in [0.29, 0.717) is 11.8 Å². The van der Waals surface area contributed by atoms with Gasteiger partial charge >= 0.3 is 0 Å². The molecule has 0 radical (unpaired) electrons. The zero-order chi connectivity index (χ0) is 18.9. The van der Waals surface area contributed by atoms with Crippen LogP contribution in [0.15, 0.2) is 48.5 Å². The van der Waals surface area contributed by atoms with Gasteiger partial charge in [0.2, 0.25) is 0 Å². The molecule has 0 atom stereocenters. The molecule has 0 amide bonds. The smallest absolute Gasteiger partial charge is 0.123 e. The number of benzene rings is 2. The number of halogens is 2. The van der Waals surface area contributed by atoms with Crippen molar-refractivity contribution in [3.8, 4) is 0 Å². The predicted molar refractivity (Wildman–Crippen MR) is 110 cm³/mol. The van der Waals surface area contributed by atoms with Crippen LogP contribution < -0.4 is 0 Å². The second kappa shape index (κ2) is 10.6. The lowest BCUT2D eigenvalue weighted by Crippen LogP contribution is -2.12. The molecule has 146 valence electrons. The molecule has 0 nitrogen and oxygen atoms in total. The Morgan fingerprint density at radius 2 is 1.11 bits per heavy atom. The van der Waals surface area contributed by atoms with Crippen LogP contribution in [0.25, 0.3) is 0 Å². The fourth-order valence-electron chi connectivity index (χ4n) is 4.41. The van der Waals surface area contributed by atoms with Crippen molar-refractivity contribution < 1.29 is 8.78 Å². The summed E-state index contributed by atoms with van der Waals surface area (Å²) in [5, 5.41) is 0. The summed E-state index contributed by atoms with van der Waals surface area (Å²) in [7, 11) is 0. The minimum absolute atomic E-state index is 0.146. The average Bonchev–Trinajstić information content (AvgIpc) is 2.72. The molecule has 2 aromatic carbocycles. The summed E-state index contributed by atoms with van der Waals surface area (Å²) in [6, 6.07) is 16.3. The van der Waals surface area contributed by atoms with Crippen LogP contribution in [0.3, 0.4) is 0 Å². The summed E-state index contributed by atoms with van der Waals surface area (Å²) in [4.78, 5) is 0. The highest BCUT2D eigenvalue weighted by molar-refractivity contribution is 5.27. The van der Waals surface area contributed by atoms with Gasteiger partial charge in [-0.15, -0.1) is 0 Å². The third-order valence-electron chi connectivity index (χ3n) is 6.12. The average molecular weight is 371 g/mol. The van der Waals surface area contributed by atoms with Crippen LogP contribution in [0.1, 0.15) is 86.3 Å². The Morgan fingerprint density at radius 1 is 0.630 bits per heavy atom. The maximum absolute atomic E-state index is 13.1. The van der Waals surface area contributed by atoms with Crippen molar-refractivity contribution in [3.05, 3.63) is 71.0 Å². The van der Waals surface area contributed by atoms with Gasteiger partial charge in [0.05, 0.1) is 6.67 Å². The van der Waals surface area contributed by atoms with Gasteiger partial charge in [0.25, 0.3) is 0 Å². The molecule has 0 bridgehead atoms. The molecule has 3 rings (SSSR count). The van der Waals surface area contributed by atoms with E-state index in [1.807, 2.05) is 12.1 Å². The van der Waals surface area contributed by atoms with E-state index >= 15 is 0 Å². The van der Waals surface area contributed by atoms with Gasteiger partial charge in [-0.05, 0) is 85.6 Å². The Kier molecular flexibility index (Phi) is 7.86. The molecule has 1 fully saturated rings. The molecule has 1 aliphatic rings. The molecule has 0 N–H and O–H groups in total. The van der Waals surface area contributed by atoms with E-state index in [-0.39, 0.29) is 12.5 Å². The molecule has 2 heteroatoms. The van der Waals surface area contributed by atoms with Crippen LogP contribution in [0.5, 0.6) is 0 Å². The second-order valence-corrected chi connectivity index (χ2v) is 8.05. The van der Waals surface area contributed by atoms with Crippen LogP contribution in [0.4, 0.5) is 8.78 Å². The van der Waals surface area contributed by atoms with Gasteiger partial charge in [0.15, 0.2) is 0 Å². The van der Waals surface area contributed by atoms with Crippen molar-refractivity contribution in [2.75, 3.05) is 6.67 Å². The maximum atomic E-state index is 13.1. The summed E-state index contributed by atoms with van der Waals surface area (Å²) in [5.41, 5.74) is 4.18. The van der Waals surface area contributed by atoms with Crippen molar-refractivity contribution in [2.24, 2.45) is 0 Å². The summed E-state index contributed by atoms with van der Waals surface area (Å²) in [5.74, 6) is 1.10. The third-order valence-corrected chi connectivity index (χ3v) is 6.12. The van der Waals surface area contributed by atoms with Crippen molar-refractivity contribution in [1.82, 2.24) is 0 Å². The highest BCUT2D eigenvalue weighted by Gasteiger charge is 2.23. The fourth-order valence-corrected chi connectivity index (χ4v) is 4.41. The zero-order valence-electron chi connectivity index (χ0n) is 16.3. The minimum Gasteiger partial charge on any atom is -0.251 e. The van der Waals surface area contributed by atoms with Crippen LogP contribution in [-0.2, 0) is 6.42 Å². The molecule has 0 heterocycles. The highest BCUT2D eigenvalue weighted by atomic mass is 19.1. The summed E-state index contributed by atoms with van der Waals surface area (Å²) in [6.45, 7) is -0.173. The molecule has 27 heavy (non-hydrogen) atoms. The molecule has 0 aromatic heterocycles. The quantitative estimate of drug-likeness (QED) is 0.396. The van der Waals surface area contributed by atoms with Gasteiger partial charge in [-0.2, -0.15) is 0 Å². The first-order chi connectivity index (χ1) is 13.3. The van der Waals surface area contributed by atoms with Gasteiger partial charge < -0.3 is 0 Å². The minimum atomic E-state index is -0.173. The van der Waals surface area contributed by atoms with E-state index in [2.05, 4.69) is 24.3 Å². The standard InChI is InChI=1S/C25H32F2/c26-19-5-3-1-2-4-6-20-7-9-21(10-8-20)22-11-13-23(14-12-22)24-15-17-25(27)18-16-24/h7-10,15-18,22-23H,1-6,11-14,19H2. The Bertz CT molecular complexity index is 652. The molecule has 0 saturated heterocycles. The van der Waals surface area contributed by atoms with Crippen LogP contribution in [-0.4, -0.2) is 6.67 Å². The second-order valence-electron chi connectivity index (χ2n) is 8.05. The number of hydrogen-bond acceptors (Lipinski definition) is 0. The SMILES string of the molecule is FCCCCCCCc1ccc(C2CCC(c3ccc(F)cc3)CC2)cc1. The van der Waals surface area contributed by atoms with E-state index in [1.54, 1.807) is 12.1 Å². The van der Waals surface area contributed by atoms with Crippen molar-refractivity contribution in [1.29, 1.82) is 0 Å². The molecule has 1 saturated carbocycles. The Hall–Kier alpha value is -1.70. The first-order valence-electron chi connectivity index (χ1n) is 10.7. The summed E-state index contributed by atoms with van der Waals surface area (Å²) >= 11 is 0. The number of unbranched alkanes of at least 4 members (excludes halogenated alkanes) is 4. The lowest BCUT2D eigenvalue weighted by Gasteiger charge is -2.29. The van der Waals surface area contributed by atoms with E-state index in [9.17, 15) is 8.78 Å². The van der Waals surface area contributed by atoms with Gasteiger partial charge in [-0.1, -0.05) is 55.7 Å². The third kappa shape index (κ3) is 6.16.